The van der Waals surface area contributed by atoms with Gasteiger partial charge in [-0.2, -0.15) is 4.98 Å². The summed E-state index contributed by atoms with van der Waals surface area (Å²) in [6, 6.07) is 13.9. The first-order valence-corrected chi connectivity index (χ1v) is 15.1. The maximum Gasteiger partial charge on any atom is 0.231 e. The maximum absolute atomic E-state index is 6.33. The Morgan fingerprint density at radius 1 is 0.625 bits per heavy atom. The number of aromatic nitrogens is 4. The van der Waals surface area contributed by atoms with Crippen LogP contribution in [0.1, 0.15) is 0 Å². The van der Waals surface area contributed by atoms with Crippen LogP contribution in [-0.2, 0) is 0 Å². The van der Waals surface area contributed by atoms with Crippen LogP contribution in [0.25, 0.3) is 0 Å². The van der Waals surface area contributed by atoms with Crippen molar-refractivity contribution in [3.05, 3.63) is 76.3 Å². The number of nitrogens with zero attached hydrogens (tertiary/aromatic N) is 4. The van der Waals surface area contributed by atoms with Gasteiger partial charge in [0.05, 0.1) is 31.4 Å². The highest BCUT2D eigenvalue weighted by Crippen LogP contribution is 2.46. The Balaban J connectivity index is 0.000000189. The maximum atomic E-state index is 6.33. The van der Waals surface area contributed by atoms with Crippen molar-refractivity contribution < 1.29 is 33.2 Å². The Morgan fingerprint density at radius 3 is 1.69 bits per heavy atom. The molecule has 14 nitrogen and oxygen atoms in total. The summed E-state index contributed by atoms with van der Waals surface area (Å²) in [6.07, 6.45) is 3.16. The van der Waals surface area contributed by atoms with Gasteiger partial charge in [0, 0.05) is 30.2 Å². The summed E-state index contributed by atoms with van der Waals surface area (Å²) < 4.78 is 37.7. The van der Waals surface area contributed by atoms with Crippen molar-refractivity contribution in [3.63, 3.8) is 0 Å². The molecule has 0 spiro atoms. The largest absolute Gasteiger partial charge is 0.493 e. The Labute approximate surface area is 289 Å². The van der Waals surface area contributed by atoms with Crippen molar-refractivity contribution in [2.24, 2.45) is 0 Å². The molecule has 0 atom stereocenters. The van der Waals surface area contributed by atoms with Crippen molar-refractivity contribution in [3.8, 4) is 40.2 Å². The fraction of sp³-hybridized carbons (Fsp3) is 0.161. The summed E-state index contributed by atoms with van der Waals surface area (Å²) in [6.45, 7) is 0.316. The first kappa shape index (κ1) is 32.6. The molecule has 48 heavy (non-hydrogen) atoms. The highest BCUT2D eigenvalue weighted by Gasteiger charge is 2.22. The molecule has 0 bridgehead atoms. The molecule has 0 radical (unpaired) electrons. The molecule has 0 aliphatic carbocycles. The van der Waals surface area contributed by atoms with Crippen LogP contribution < -0.4 is 49.1 Å². The fourth-order valence-electron chi connectivity index (χ4n) is 4.56. The van der Waals surface area contributed by atoms with E-state index in [4.69, 9.17) is 68.0 Å². The van der Waals surface area contributed by atoms with Crippen LogP contribution in [0.4, 0.5) is 34.6 Å². The Hall–Kier alpha value is -5.31. The second kappa shape index (κ2) is 14.6. The summed E-state index contributed by atoms with van der Waals surface area (Å²) >= 11 is 18.2. The summed E-state index contributed by atoms with van der Waals surface area (Å²) in [7, 11) is 4.65. The van der Waals surface area contributed by atoms with Gasteiger partial charge in [-0.15, -0.1) is 0 Å². The molecular formula is C31H26Cl3N7O7. The Morgan fingerprint density at radius 2 is 1.17 bits per heavy atom. The predicted octanol–water partition coefficient (Wildman–Crippen LogP) is 7.63. The summed E-state index contributed by atoms with van der Waals surface area (Å²) in [5.74, 6) is 5.29. The molecule has 2 aliphatic rings. The van der Waals surface area contributed by atoms with Crippen LogP contribution >= 0.6 is 34.8 Å². The first-order valence-electron chi connectivity index (χ1n) is 14.0. The van der Waals surface area contributed by atoms with E-state index in [-0.39, 0.29) is 18.9 Å². The number of nitrogens with one attached hydrogen (secondary N) is 3. The third kappa shape index (κ3) is 7.15. The van der Waals surface area contributed by atoms with Gasteiger partial charge in [0.2, 0.25) is 30.6 Å². The lowest BCUT2D eigenvalue weighted by Gasteiger charge is -2.15. The number of rotatable bonds is 9. The molecule has 2 aliphatic heterocycles. The molecule has 3 N–H and O–H groups in total. The lowest BCUT2D eigenvalue weighted by atomic mass is 10.2. The van der Waals surface area contributed by atoms with Gasteiger partial charge in [-0.1, -0.05) is 23.2 Å². The Kier molecular flexibility index (Phi) is 9.94. The molecule has 0 unspecified atom stereocenters. The van der Waals surface area contributed by atoms with Gasteiger partial charge >= 0.3 is 0 Å². The molecule has 0 saturated carbocycles. The van der Waals surface area contributed by atoms with Crippen molar-refractivity contribution in [1.29, 1.82) is 0 Å². The molecule has 4 heterocycles. The molecule has 0 amide bonds. The molecule has 0 fully saturated rings. The SMILES string of the molecule is COc1cc(Nc2nccc(Nc3c(Cl)ccc4c3OCO4)n2)cc(OC)c1OC.Clc1nccc(Nc2c(Cl)ccc3c2OCO3)n1. The molecule has 7 rings (SSSR count). The van der Waals surface area contributed by atoms with Crippen molar-refractivity contribution in [1.82, 2.24) is 19.9 Å². The lowest BCUT2D eigenvalue weighted by Crippen LogP contribution is -2.02. The highest BCUT2D eigenvalue weighted by molar-refractivity contribution is 6.34. The normalized spacial score (nSPS) is 12.0. The minimum Gasteiger partial charge on any atom is -0.493 e. The van der Waals surface area contributed by atoms with Gasteiger partial charge in [-0.3, -0.25) is 0 Å². The zero-order valence-corrected chi connectivity index (χ0v) is 27.7. The van der Waals surface area contributed by atoms with E-state index in [1.165, 1.54) is 0 Å². The zero-order valence-electron chi connectivity index (χ0n) is 25.5. The van der Waals surface area contributed by atoms with Gasteiger partial charge in [0.1, 0.15) is 23.0 Å². The van der Waals surface area contributed by atoms with E-state index in [0.717, 1.165) is 0 Å². The number of benzene rings is 3. The molecule has 5 aromatic rings. The second-order valence-electron chi connectivity index (χ2n) is 9.58. The molecule has 0 saturated heterocycles. The van der Waals surface area contributed by atoms with Crippen LogP contribution in [0.2, 0.25) is 15.3 Å². The third-order valence-electron chi connectivity index (χ3n) is 6.69. The van der Waals surface area contributed by atoms with Crippen LogP contribution in [0.15, 0.2) is 60.9 Å². The highest BCUT2D eigenvalue weighted by atomic mass is 35.5. The molecule has 3 aromatic carbocycles. The van der Waals surface area contributed by atoms with Gasteiger partial charge < -0.3 is 49.1 Å². The zero-order chi connectivity index (χ0) is 33.6. The van der Waals surface area contributed by atoms with Crippen LogP contribution in [-0.4, -0.2) is 54.9 Å². The average molecular weight is 715 g/mol. The predicted molar refractivity (Wildman–Crippen MR) is 180 cm³/mol. The molecule has 2 aromatic heterocycles. The van der Waals surface area contributed by atoms with Gasteiger partial charge in [0.15, 0.2) is 34.5 Å². The fourth-order valence-corrected chi connectivity index (χ4v) is 5.10. The monoisotopic (exact) mass is 713 g/mol. The van der Waals surface area contributed by atoms with E-state index in [2.05, 4.69) is 35.9 Å². The van der Waals surface area contributed by atoms with Crippen molar-refractivity contribution >= 4 is 69.4 Å². The van der Waals surface area contributed by atoms with E-state index >= 15 is 0 Å². The van der Waals surface area contributed by atoms with Crippen LogP contribution in [0.5, 0.6) is 40.2 Å². The number of halogens is 3. The average Bonchev–Trinajstić information content (AvgIpc) is 3.78. The minimum atomic E-state index is 0.141. The number of methoxy groups -OCH3 is 3. The Bertz CT molecular complexity index is 1930. The van der Waals surface area contributed by atoms with E-state index < -0.39 is 0 Å². The van der Waals surface area contributed by atoms with E-state index in [1.807, 2.05) is 0 Å². The van der Waals surface area contributed by atoms with Crippen LogP contribution in [0.3, 0.4) is 0 Å². The molecule has 248 valence electrons. The van der Waals surface area contributed by atoms with Gasteiger partial charge in [-0.25, -0.2) is 15.0 Å². The van der Waals surface area contributed by atoms with Gasteiger partial charge in [0.25, 0.3) is 0 Å². The number of hydrogen-bond acceptors (Lipinski definition) is 14. The van der Waals surface area contributed by atoms with E-state index in [1.54, 1.807) is 82.3 Å². The smallest absolute Gasteiger partial charge is 0.231 e. The third-order valence-corrected chi connectivity index (χ3v) is 7.50. The second-order valence-corrected chi connectivity index (χ2v) is 10.7. The van der Waals surface area contributed by atoms with E-state index in [0.29, 0.717) is 84.9 Å². The van der Waals surface area contributed by atoms with E-state index in [9.17, 15) is 0 Å². The topological polar surface area (TPSA) is 152 Å². The number of anilines is 6. The van der Waals surface area contributed by atoms with Crippen molar-refractivity contribution in [2.45, 2.75) is 0 Å². The van der Waals surface area contributed by atoms with Gasteiger partial charge in [-0.05, 0) is 48.0 Å². The summed E-state index contributed by atoms with van der Waals surface area (Å²) in [4.78, 5) is 16.6. The number of fused-ring (bicyclic) bond motifs is 2. The molecule has 17 heteroatoms. The minimum absolute atomic E-state index is 0.141. The lowest BCUT2D eigenvalue weighted by molar-refractivity contribution is 0.174. The standard InChI is InChI=1S/C20H19ClN4O5.C11H7Cl2N3O2/c1-26-14-8-11(9-15(27-2)18(14)28-3)23-20-22-7-6-16(25-20)24-17-12(21)4-5-13-19(17)30-10-29-13;12-6-1-2-7-10(18-5-17-7)9(6)15-8-3-4-14-11(13)16-8/h4-9H,10H2,1-3H3,(H2,22,23,24,25);1-4H,5H2,(H,14,15,16). The van der Waals surface area contributed by atoms with Crippen LogP contribution in [0, 0.1) is 0 Å². The molecular weight excluding hydrogens is 689 g/mol. The summed E-state index contributed by atoms with van der Waals surface area (Å²) in [5, 5.41) is 10.5. The van der Waals surface area contributed by atoms with Crippen molar-refractivity contribution in [2.75, 3.05) is 50.9 Å². The number of ether oxygens (including phenoxy) is 7. The first-order chi connectivity index (χ1) is 23.4. The number of hydrogen-bond donors (Lipinski definition) is 3. The summed E-state index contributed by atoms with van der Waals surface area (Å²) in [5.41, 5.74) is 1.84. The quantitative estimate of drug-likeness (QED) is 0.128.